The molecule has 0 radical (unpaired) electrons. The van der Waals surface area contributed by atoms with E-state index in [-0.39, 0.29) is 5.75 Å². The maximum atomic E-state index is 10.2. The molecule has 1 heterocycles. The number of fused-ring (bicyclic) bond motifs is 1. The summed E-state index contributed by atoms with van der Waals surface area (Å²) in [5.74, 6) is 2.66. The smallest absolute Gasteiger partial charge is 0.177 e. The van der Waals surface area contributed by atoms with E-state index in [1.54, 1.807) is 37.7 Å². The minimum Gasteiger partial charge on any atom is -0.508 e. The maximum absolute atomic E-state index is 10.2. The lowest BCUT2D eigenvalue weighted by molar-refractivity contribution is 0.376. The van der Waals surface area contributed by atoms with Crippen molar-refractivity contribution in [2.45, 2.75) is 0 Å². The molecule has 0 bridgehead atoms. The van der Waals surface area contributed by atoms with Gasteiger partial charge in [0.2, 0.25) is 0 Å². The summed E-state index contributed by atoms with van der Waals surface area (Å²) < 4.78 is 18.2. The summed E-state index contributed by atoms with van der Waals surface area (Å²) in [5, 5.41) is 13.2. The lowest BCUT2D eigenvalue weighted by atomic mass is 10.0. The molecule has 0 atom stereocenters. The topological polar surface area (TPSA) is 47.9 Å². The van der Waals surface area contributed by atoms with Crippen LogP contribution >= 0.6 is 11.3 Å². The number of hydrogen-bond acceptors (Lipinski definition) is 5. The molecule has 1 aromatic heterocycles. The monoisotopic (exact) mass is 378 g/mol. The first-order chi connectivity index (χ1) is 13.2. The highest BCUT2D eigenvalue weighted by Gasteiger charge is 2.17. The largest absolute Gasteiger partial charge is 0.508 e. The van der Waals surface area contributed by atoms with E-state index >= 15 is 0 Å². The molecular formula is C22H18O4S. The van der Waals surface area contributed by atoms with Crippen molar-refractivity contribution in [3.8, 4) is 39.9 Å². The number of aromatic hydroxyl groups is 1. The van der Waals surface area contributed by atoms with Gasteiger partial charge in [-0.15, -0.1) is 11.3 Å². The van der Waals surface area contributed by atoms with Crippen molar-refractivity contribution < 1.29 is 19.3 Å². The Morgan fingerprint density at radius 1 is 0.852 bits per heavy atom. The van der Waals surface area contributed by atoms with Crippen molar-refractivity contribution in [1.82, 2.24) is 0 Å². The lowest BCUT2D eigenvalue weighted by Crippen LogP contribution is -1.93. The number of benzene rings is 3. The number of ether oxygens (including phenoxy) is 3. The van der Waals surface area contributed by atoms with E-state index in [4.69, 9.17) is 14.2 Å². The van der Waals surface area contributed by atoms with Crippen LogP contribution in [0.2, 0.25) is 0 Å². The van der Waals surface area contributed by atoms with Crippen LogP contribution in [0.15, 0.2) is 66.0 Å². The molecule has 0 fully saturated rings. The number of hydrogen-bond donors (Lipinski definition) is 1. The Hall–Kier alpha value is -3.18. The van der Waals surface area contributed by atoms with Crippen LogP contribution in [0.5, 0.6) is 28.7 Å². The molecule has 0 saturated heterocycles. The average molecular weight is 378 g/mol. The molecular weight excluding hydrogens is 360 g/mol. The summed E-state index contributed by atoms with van der Waals surface area (Å²) in [6.07, 6.45) is 0. The summed E-state index contributed by atoms with van der Waals surface area (Å²) in [7, 11) is 3.19. The molecule has 0 aliphatic heterocycles. The zero-order chi connectivity index (χ0) is 18.8. The third-order valence-electron chi connectivity index (χ3n) is 4.32. The second-order valence-corrected chi connectivity index (χ2v) is 6.86. The van der Waals surface area contributed by atoms with Crippen LogP contribution in [-0.2, 0) is 0 Å². The van der Waals surface area contributed by atoms with E-state index in [2.05, 4.69) is 6.07 Å². The highest BCUT2D eigenvalue weighted by Crippen LogP contribution is 2.46. The molecule has 3 aromatic carbocycles. The summed E-state index contributed by atoms with van der Waals surface area (Å²) in [4.78, 5) is 0. The molecule has 4 aromatic rings. The Kier molecular flexibility index (Phi) is 4.60. The van der Waals surface area contributed by atoms with Crippen LogP contribution in [-0.4, -0.2) is 19.3 Å². The Labute approximate surface area is 161 Å². The van der Waals surface area contributed by atoms with Gasteiger partial charge in [-0.3, -0.25) is 0 Å². The van der Waals surface area contributed by atoms with Gasteiger partial charge in [0.25, 0.3) is 0 Å². The second-order valence-electron chi connectivity index (χ2n) is 5.95. The van der Waals surface area contributed by atoms with Gasteiger partial charge in [0.05, 0.1) is 14.2 Å². The Morgan fingerprint density at radius 2 is 1.63 bits per heavy atom. The highest BCUT2D eigenvalue weighted by atomic mass is 32.1. The Bertz CT molecular complexity index is 1080. The van der Waals surface area contributed by atoms with Gasteiger partial charge in [0.15, 0.2) is 11.5 Å². The van der Waals surface area contributed by atoms with Crippen LogP contribution in [0.1, 0.15) is 0 Å². The fourth-order valence-electron chi connectivity index (χ4n) is 2.97. The quantitative estimate of drug-likeness (QED) is 0.457. The molecule has 0 unspecified atom stereocenters. The summed E-state index contributed by atoms with van der Waals surface area (Å²) in [6.45, 7) is 0. The lowest BCUT2D eigenvalue weighted by Gasteiger charge is -2.16. The molecule has 5 heteroatoms. The number of methoxy groups -OCH3 is 2. The van der Waals surface area contributed by atoms with Crippen LogP contribution < -0.4 is 14.2 Å². The zero-order valence-electron chi connectivity index (χ0n) is 14.9. The van der Waals surface area contributed by atoms with Crippen molar-refractivity contribution in [2.75, 3.05) is 14.2 Å². The van der Waals surface area contributed by atoms with Gasteiger partial charge in [-0.1, -0.05) is 24.3 Å². The van der Waals surface area contributed by atoms with E-state index in [0.717, 1.165) is 32.7 Å². The number of phenols is 1. The minimum absolute atomic E-state index is 0.111. The SMILES string of the molecule is COc1ccc(-c2cc(O)cc(OC)c2Oc2csc3ccccc23)cc1. The first kappa shape index (κ1) is 17.2. The third kappa shape index (κ3) is 3.29. The fraction of sp³-hybridized carbons (Fsp3) is 0.0909. The predicted octanol–water partition coefficient (Wildman–Crippen LogP) is 6.08. The second kappa shape index (κ2) is 7.21. The molecule has 4 rings (SSSR count). The van der Waals surface area contributed by atoms with E-state index in [0.29, 0.717) is 11.5 Å². The van der Waals surface area contributed by atoms with E-state index in [9.17, 15) is 5.11 Å². The molecule has 4 nitrogen and oxygen atoms in total. The molecule has 0 aliphatic carbocycles. The molecule has 0 aliphatic rings. The van der Waals surface area contributed by atoms with Crippen molar-refractivity contribution >= 4 is 21.4 Å². The van der Waals surface area contributed by atoms with Gasteiger partial charge in [0.1, 0.15) is 17.2 Å². The number of phenolic OH excluding ortho intramolecular Hbond substituents is 1. The van der Waals surface area contributed by atoms with Gasteiger partial charge in [-0.2, -0.15) is 0 Å². The summed E-state index contributed by atoms with van der Waals surface area (Å²) in [6, 6.07) is 18.9. The third-order valence-corrected chi connectivity index (χ3v) is 5.26. The van der Waals surface area contributed by atoms with Gasteiger partial charge in [-0.05, 0) is 35.9 Å². The molecule has 27 heavy (non-hydrogen) atoms. The average Bonchev–Trinajstić information content (AvgIpc) is 3.12. The number of thiophene rings is 1. The molecule has 0 amide bonds. The van der Waals surface area contributed by atoms with Crippen molar-refractivity contribution in [3.05, 3.63) is 66.0 Å². The van der Waals surface area contributed by atoms with Crippen LogP contribution in [0, 0.1) is 0 Å². The minimum atomic E-state index is 0.111. The van der Waals surface area contributed by atoms with E-state index in [1.807, 2.05) is 47.8 Å². The Morgan fingerprint density at radius 3 is 2.37 bits per heavy atom. The van der Waals surface area contributed by atoms with Gasteiger partial charge in [-0.25, -0.2) is 0 Å². The fourth-order valence-corrected chi connectivity index (χ4v) is 3.83. The van der Waals surface area contributed by atoms with Gasteiger partial charge < -0.3 is 19.3 Å². The first-order valence-corrected chi connectivity index (χ1v) is 9.27. The number of rotatable bonds is 5. The molecule has 1 N–H and O–H groups in total. The predicted molar refractivity (Wildman–Crippen MR) is 109 cm³/mol. The summed E-state index contributed by atoms with van der Waals surface area (Å²) in [5.41, 5.74) is 1.63. The summed E-state index contributed by atoms with van der Waals surface area (Å²) >= 11 is 1.62. The Balaban J connectivity index is 1.85. The van der Waals surface area contributed by atoms with Gasteiger partial charge >= 0.3 is 0 Å². The zero-order valence-corrected chi connectivity index (χ0v) is 15.7. The van der Waals surface area contributed by atoms with Crippen molar-refractivity contribution in [3.63, 3.8) is 0 Å². The maximum Gasteiger partial charge on any atom is 0.177 e. The van der Waals surface area contributed by atoms with Crippen molar-refractivity contribution in [2.24, 2.45) is 0 Å². The van der Waals surface area contributed by atoms with E-state index in [1.165, 1.54) is 0 Å². The normalized spacial score (nSPS) is 10.7. The van der Waals surface area contributed by atoms with Crippen LogP contribution in [0.3, 0.4) is 0 Å². The van der Waals surface area contributed by atoms with Crippen molar-refractivity contribution in [1.29, 1.82) is 0 Å². The molecule has 0 saturated carbocycles. The standard InChI is InChI=1S/C22H18O4S/c1-24-16-9-7-14(8-10-16)18-11-15(23)12-19(25-2)22(18)26-20-13-27-21-6-4-3-5-17(20)21/h3-13,23H,1-2H3. The van der Waals surface area contributed by atoms with E-state index < -0.39 is 0 Å². The van der Waals surface area contributed by atoms with Crippen LogP contribution in [0.25, 0.3) is 21.2 Å². The molecule has 0 spiro atoms. The van der Waals surface area contributed by atoms with Gasteiger partial charge in [0, 0.05) is 27.1 Å². The highest BCUT2D eigenvalue weighted by molar-refractivity contribution is 7.17. The molecule has 136 valence electrons. The first-order valence-electron chi connectivity index (χ1n) is 8.39. The van der Waals surface area contributed by atoms with Crippen LogP contribution in [0.4, 0.5) is 0 Å².